The number of hydrogen-bond acceptors (Lipinski definition) is 3. The fraction of sp³-hybridized carbons (Fsp3) is 0.364. The molecule has 2 heterocycles. The first-order valence-corrected chi connectivity index (χ1v) is 5.12. The lowest BCUT2D eigenvalue weighted by atomic mass is 10.1. The fourth-order valence-electron chi connectivity index (χ4n) is 2.13. The number of nitrogens with one attached hydrogen (secondary N) is 1. The van der Waals surface area contributed by atoms with Crippen LogP contribution in [-0.2, 0) is 4.79 Å². The second-order valence-electron chi connectivity index (χ2n) is 3.83. The van der Waals surface area contributed by atoms with Gasteiger partial charge in [0.2, 0.25) is 0 Å². The second-order valence-corrected chi connectivity index (χ2v) is 3.83. The summed E-state index contributed by atoms with van der Waals surface area (Å²) in [6.07, 6.45) is -0.370. The molecule has 0 fully saturated rings. The van der Waals surface area contributed by atoms with Crippen LogP contribution in [0.15, 0.2) is 18.2 Å². The molecule has 2 aliphatic rings. The van der Waals surface area contributed by atoms with Crippen LogP contribution < -0.4 is 15.0 Å². The Morgan fingerprint density at radius 2 is 2.40 bits per heavy atom. The summed E-state index contributed by atoms with van der Waals surface area (Å²) in [5, 5.41) is 3.26. The van der Waals surface area contributed by atoms with E-state index in [2.05, 4.69) is 5.32 Å². The van der Waals surface area contributed by atoms with Gasteiger partial charge < -0.3 is 15.0 Å². The summed E-state index contributed by atoms with van der Waals surface area (Å²) < 4.78 is 5.56. The standard InChI is InChI=1S/C11H12N2O2/c1-7-11(14)13-6-5-12-8-3-2-4-9(15-7)10(8)13/h2-4,7,12H,5-6H2,1H3. The van der Waals surface area contributed by atoms with Crippen LogP contribution in [0.3, 0.4) is 0 Å². The van der Waals surface area contributed by atoms with Crippen LogP contribution >= 0.6 is 0 Å². The van der Waals surface area contributed by atoms with Crippen LogP contribution in [0.2, 0.25) is 0 Å². The maximum absolute atomic E-state index is 11.9. The predicted octanol–water partition coefficient (Wildman–Crippen LogP) is 1.23. The number of hydrogen-bond donors (Lipinski definition) is 1. The highest BCUT2D eigenvalue weighted by Gasteiger charge is 2.34. The molecule has 0 radical (unpaired) electrons. The normalized spacial score (nSPS) is 22.9. The number of anilines is 2. The highest BCUT2D eigenvalue weighted by molar-refractivity contribution is 6.03. The number of benzene rings is 1. The van der Waals surface area contributed by atoms with E-state index in [1.54, 1.807) is 6.92 Å². The van der Waals surface area contributed by atoms with Crippen molar-refractivity contribution in [1.29, 1.82) is 0 Å². The molecule has 0 aromatic heterocycles. The molecular weight excluding hydrogens is 192 g/mol. The minimum Gasteiger partial charge on any atom is -0.479 e. The zero-order valence-electron chi connectivity index (χ0n) is 8.49. The lowest BCUT2D eigenvalue weighted by Gasteiger charge is -2.37. The molecule has 3 rings (SSSR count). The molecular formula is C11H12N2O2. The number of amides is 1. The topological polar surface area (TPSA) is 41.6 Å². The van der Waals surface area contributed by atoms with Gasteiger partial charge in [0, 0.05) is 13.1 Å². The molecule has 4 heteroatoms. The summed E-state index contributed by atoms with van der Waals surface area (Å²) in [7, 11) is 0. The maximum atomic E-state index is 11.9. The lowest BCUT2D eigenvalue weighted by molar-refractivity contribution is -0.125. The quantitative estimate of drug-likeness (QED) is 0.691. The number of carbonyl (C=O) groups is 1. The Morgan fingerprint density at radius 3 is 3.27 bits per heavy atom. The monoisotopic (exact) mass is 204 g/mol. The van der Waals surface area contributed by atoms with E-state index in [0.717, 1.165) is 30.2 Å². The van der Waals surface area contributed by atoms with Crippen molar-refractivity contribution in [2.45, 2.75) is 13.0 Å². The van der Waals surface area contributed by atoms with Crippen molar-refractivity contribution >= 4 is 17.3 Å². The van der Waals surface area contributed by atoms with Gasteiger partial charge in [-0.05, 0) is 19.1 Å². The van der Waals surface area contributed by atoms with E-state index >= 15 is 0 Å². The summed E-state index contributed by atoms with van der Waals surface area (Å²) in [5.41, 5.74) is 1.88. The van der Waals surface area contributed by atoms with Crippen LogP contribution in [0.1, 0.15) is 6.92 Å². The molecule has 1 N–H and O–H groups in total. The lowest BCUT2D eigenvalue weighted by Crippen LogP contribution is -2.48. The summed E-state index contributed by atoms with van der Waals surface area (Å²) in [5.74, 6) is 0.850. The van der Waals surface area contributed by atoms with Crippen molar-refractivity contribution in [2.75, 3.05) is 23.3 Å². The summed E-state index contributed by atoms with van der Waals surface area (Å²) in [6, 6.07) is 5.81. The molecule has 0 saturated heterocycles. The zero-order valence-corrected chi connectivity index (χ0v) is 8.49. The van der Waals surface area contributed by atoms with Gasteiger partial charge in [0.25, 0.3) is 5.91 Å². The Kier molecular flexibility index (Phi) is 1.65. The minimum absolute atomic E-state index is 0.0523. The van der Waals surface area contributed by atoms with Crippen LogP contribution in [-0.4, -0.2) is 25.1 Å². The number of para-hydroxylation sites is 1. The molecule has 2 aliphatic heterocycles. The molecule has 1 amide bonds. The summed E-state index contributed by atoms with van der Waals surface area (Å²) in [4.78, 5) is 13.7. The molecule has 1 atom stereocenters. The average Bonchev–Trinajstić information content (AvgIpc) is 2.26. The third-order valence-corrected chi connectivity index (χ3v) is 2.84. The highest BCUT2D eigenvalue weighted by Crippen LogP contribution is 2.41. The molecule has 1 aromatic carbocycles. The first-order chi connectivity index (χ1) is 7.27. The van der Waals surface area contributed by atoms with E-state index in [4.69, 9.17) is 4.74 Å². The molecule has 0 aliphatic carbocycles. The molecule has 4 nitrogen and oxygen atoms in total. The van der Waals surface area contributed by atoms with Crippen molar-refractivity contribution in [2.24, 2.45) is 0 Å². The molecule has 0 spiro atoms. The van der Waals surface area contributed by atoms with Crippen molar-refractivity contribution in [1.82, 2.24) is 0 Å². The SMILES string of the molecule is CC1Oc2cccc3c2N(CCN3)C1=O. The van der Waals surface area contributed by atoms with E-state index in [9.17, 15) is 4.79 Å². The smallest absolute Gasteiger partial charge is 0.267 e. The van der Waals surface area contributed by atoms with Crippen molar-refractivity contribution < 1.29 is 9.53 Å². The van der Waals surface area contributed by atoms with Gasteiger partial charge in [-0.2, -0.15) is 0 Å². The fourth-order valence-corrected chi connectivity index (χ4v) is 2.13. The van der Waals surface area contributed by atoms with Crippen LogP contribution in [0.5, 0.6) is 5.75 Å². The van der Waals surface area contributed by atoms with Crippen LogP contribution in [0.4, 0.5) is 11.4 Å². The maximum Gasteiger partial charge on any atom is 0.267 e. The largest absolute Gasteiger partial charge is 0.479 e. The van der Waals surface area contributed by atoms with Gasteiger partial charge in [0.15, 0.2) is 6.10 Å². The third kappa shape index (κ3) is 1.11. The summed E-state index contributed by atoms with van der Waals surface area (Å²) in [6.45, 7) is 3.31. The molecule has 1 unspecified atom stereocenters. The minimum atomic E-state index is -0.370. The molecule has 78 valence electrons. The van der Waals surface area contributed by atoms with E-state index in [0.29, 0.717) is 0 Å². The Hall–Kier alpha value is -1.71. The van der Waals surface area contributed by atoms with E-state index in [1.165, 1.54) is 0 Å². The average molecular weight is 204 g/mol. The van der Waals surface area contributed by atoms with Gasteiger partial charge in [0.05, 0.1) is 5.69 Å². The van der Waals surface area contributed by atoms with Crippen LogP contribution in [0, 0.1) is 0 Å². The number of nitrogens with zero attached hydrogens (tertiary/aromatic N) is 1. The van der Waals surface area contributed by atoms with Gasteiger partial charge in [-0.3, -0.25) is 4.79 Å². The third-order valence-electron chi connectivity index (χ3n) is 2.84. The number of ether oxygens (including phenoxy) is 1. The van der Waals surface area contributed by atoms with E-state index < -0.39 is 0 Å². The second kappa shape index (κ2) is 2.89. The zero-order chi connectivity index (χ0) is 10.4. The molecule has 1 aromatic rings. The van der Waals surface area contributed by atoms with Gasteiger partial charge in [0.1, 0.15) is 11.4 Å². The number of carbonyl (C=O) groups excluding carboxylic acids is 1. The Bertz CT molecular complexity index is 431. The van der Waals surface area contributed by atoms with Crippen molar-refractivity contribution in [3.05, 3.63) is 18.2 Å². The summed E-state index contributed by atoms with van der Waals surface area (Å²) >= 11 is 0. The Labute approximate surface area is 87.8 Å². The number of rotatable bonds is 0. The first kappa shape index (κ1) is 8.59. The van der Waals surface area contributed by atoms with Gasteiger partial charge in [-0.1, -0.05) is 6.07 Å². The highest BCUT2D eigenvalue weighted by atomic mass is 16.5. The Balaban J connectivity index is 2.20. The van der Waals surface area contributed by atoms with Crippen molar-refractivity contribution in [3.63, 3.8) is 0 Å². The van der Waals surface area contributed by atoms with Crippen molar-refractivity contribution in [3.8, 4) is 5.75 Å². The van der Waals surface area contributed by atoms with Gasteiger partial charge in [-0.25, -0.2) is 0 Å². The van der Waals surface area contributed by atoms with Gasteiger partial charge in [-0.15, -0.1) is 0 Å². The van der Waals surface area contributed by atoms with E-state index in [1.807, 2.05) is 23.1 Å². The first-order valence-electron chi connectivity index (χ1n) is 5.12. The van der Waals surface area contributed by atoms with Crippen LogP contribution in [0.25, 0.3) is 0 Å². The molecule has 15 heavy (non-hydrogen) atoms. The Morgan fingerprint density at radius 1 is 1.53 bits per heavy atom. The van der Waals surface area contributed by atoms with Gasteiger partial charge >= 0.3 is 0 Å². The van der Waals surface area contributed by atoms with E-state index in [-0.39, 0.29) is 12.0 Å². The molecule has 0 saturated carbocycles. The predicted molar refractivity (Wildman–Crippen MR) is 57.4 cm³/mol. The molecule has 0 bridgehead atoms.